The third kappa shape index (κ3) is 3.43. The van der Waals surface area contributed by atoms with Crippen LogP contribution in [0.5, 0.6) is 0 Å². The van der Waals surface area contributed by atoms with E-state index in [4.69, 9.17) is 5.73 Å². The first kappa shape index (κ1) is 14.2. The molecule has 1 heterocycles. The number of rotatable bonds is 6. The molecule has 0 fully saturated rings. The molecule has 2 rings (SSSR count). The average Bonchev–Trinajstić information content (AvgIpc) is 2.45. The molecule has 0 bridgehead atoms. The molecule has 2 aromatic rings. The van der Waals surface area contributed by atoms with E-state index in [2.05, 4.69) is 16.9 Å². The Hall–Kier alpha value is -1.17. The topological polar surface area (TPSA) is 72.0 Å². The van der Waals surface area contributed by atoms with Gasteiger partial charge in [0.15, 0.2) is 0 Å². The highest BCUT2D eigenvalue weighted by Gasteiger charge is 2.19. The standard InChI is InChI=1S/C14H19N3OS/c1-2-5-11(15)13(8-18)19-14-10-6-3-4-7-12(10)16-9-17-14/h3-4,6-7,9,11,13,18H,2,5,8,15H2,1H3. The maximum atomic E-state index is 9.51. The summed E-state index contributed by atoms with van der Waals surface area (Å²) >= 11 is 1.54. The summed E-state index contributed by atoms with van der Waals surface area (Å²) in [5.74, 6) is 0. The highest BCUT2D eigenvalue weighted by molar-refractivity contribution is 8.00. The van der Waals surface area contributed by atoms with E-state index in [0.29, 0.717) is 0 Å². The third-order valence-corrected chi connectivity index (χ3v) is 4.40. The van der Waals surface area contributed by atoms with Crippen LogP contribution in [0.2, 0.25) is 0 Å². The molecule has 0 aliphatic heterocycles. The predicted octanol–water partition coefficient (Wildman–Crippen LogP) is 2.21. The fourth-order valence-electron chi connectivity index (χ4n) is 2.00. The van der Waals surface area contributed by atoms with Crippen molar-refractivity contribution in [2.24, 2.45) is 5.73 Å². The van der Waals surface area contributed by atoms with Crippen molar-refractivity contribution in [1.29, 1.82) is 0 Å². The molecule has 0 saturated heterocycles. The van der Waals surface area contributed by atoms with E-state index in [9.17, 15) is 5.11 Å². The van der Waals surface area contributed by atoms with Gasteiger partial charge in [0.05, 0.1) is 12.1 Å². The maximum absolute atomic E-state index is 9.51. The van der Waals surface area contributed by atoms with Crippen molar-refractivity contribution in [2.75, 3.05) is 6.61 Å². The fourth-order valence-corrected chi connectivity index (χ4v) is 3.08. The number of nitrogens with zero attached hydrogens (tertiary/aromatic N) is 2. The Morgan fingerprint density at radius 1 is 1.32 bits per heavy atom. The van der Waals surface area contributed by atoms with E-state index >= 15 is 0 Å². The highest BCUT2D eigenvalue weighted by Crippen LogP contribution is 2.29. The van der Waals surface area contributed by atoms with Gasteiger partial charge in [0.25, 0.3) is 0 Å². The second-order valence-corrected chi connectivity index (χ2v) is 5.72. The van der Waals surface area contributed by atoms with E-state index in [-0.39, 0.29) is 17.9 Å². The minimum Gasteiger partial charge on any atom is -0.395 e. The second kappa shape index (κ2) is 6.84. The lowest BCUT2D eigenvalue weighted by Crippen LogP contribution is -2.34. The van der Waals surface area contributed by atoms with Gasteiger partial charge >= 0.3 is 0 Å². The van der Waals surface area contributed by atoms with Gasteiger partial charge in [-0.05, 0) is 12.5 Å². The molecule has 0 spiro atoms. The number of nitrogens with two attached hydrogens (primary N) is 1. The van der Waals surface area contributed by atoms with Crippen LogP contribution in [-0.4, -0.2) is 33.0 Å². The zero-order valence-electron chi connectivity index (χ0n) is 11.0. The molecule has 1 aromatic heterocycles. The number of aliphatic hydroxyl groups is 1. The minimum absolute atomic E-state index is 0.0197. The number of para-hydroxylation sites is 1. The number of thioether (sulfide) groups is 1. The van der Waals surface area contributed by atoms with Gasteiger partial charge in [-0.25, -0.2) is 9.97 Å². The largest absolute Gasteiger partial charge is 0.395 e. The highest BCUT2D eigenvalue weighted by atomic mass is 32.2. The van der Waals surface area contributed by atoms with Gasteiger partial charge in [0, 0.05) is 16.7 Å². The molecule has 0 saturated carbocycles. The lowest BCUT2D eigenvalue weighted by Gasteiger charge is -2.20. The molecular weight excluding hydrogens is 258 g/mol. The van der Waals surface area contributed by atoms with E-state index in [1.54, 1.807) is 18.1 Å². The monoisotopic (exact) mass is 277 g/mol. The summed E-state index contributed by atoms with van der Waals surface area (Å²) in [6.07, 6.45) is 3.48. The van der Waals surface area contributed by atoms with Gasteiger partial charge < -0.3 is 10.8 Å². The summed E-state index contributed by atoms with van der Waals surface area (Å²) in [5.41, 5.74) is 7.02. The molecule has 0 amide bonds. The number of benzene rings is 1. The van der Waals surface area contributed by atoms with Crippen molar-refractivity contribution in [1.82, 2.24) is 9.97 Å². The second-order valence-electron chi connectivity index (χ2n) is 4.49. The van der Waals surface area contributed by atoms with Crippen LogP contribution in [0.25, 0.3) is 10.9 Å². The van der Waals surface area contributed by atoms with Gasteiger partial charge in [0.2, 0.25) is 0 Å². The molecule has 3 N–H and O–H groups in total. The van der Waals surface area contributed by atoms with Crippen LogP contribution in [0.3, 0.4) is 0 Å². The van der Waals surface area contributed by atoms with Crippen molar-refractivity contribution in [2.45, 2.75) is 36.1 Å². The summed E-state index contributed by atoms with van der Waals surface area (Å²) < 4.78 is 0. The summed E-state index contributed by atoms with van der Waals surface area (Å²) in [6, 6.07) is 7.86. The summed E-state index contributed by atoms with van der Waals surface area (Å²) in [5, 5.41) is 11.4. The first-order valence-corrected chi connectivity index (χ1v) is 7.37. The van der Waals surface area contributed by atoms with Crippen molar-refractivity contribution in [3.8, 4) is 0 Å². The zero-order valence-corrected chi connectivity index (χ0v) is 11.8. The van der Waals surface area contributed by atoms with E-state index < -0.39 is 0 Å². The maximum Gasteiger partial charge on any atom is 0.117 e. The Balaban J connectivity index is 2.24. The molecule has 1 aromatic carbocycles. The van der Waals surface area contributed by atoms with Crippen molar-refractivity contribution < 1.29 is 5.11 Å². The number of fused-ring (bicyclic) bond motifs is 1. The van der Waals surface area contributed by atoms with Crippen molar-refractivity contribution in [3.63, 3.8) is 0 Å². The summed E-state index contributed by atoms with van der Waals surface area (Å²) in [7, 11) is 0. The molecular formula is C14H19N3OS. The molecule has 0 aliphatic rings. The van der Waals surface area contributed by atoms with Crippen LogP contribution >= 0.6 is 11.8 Å². The van der Waals surface area contributed by atoms with Gasteiger partial charge in [-0.3, -0.25) is 0 Å². The Labute approximate surface area is 117 Å². The van der Waals surface area contributed by atoms with Crippen molar-refractivity contribution >= 4 is 22.7 Å². The Kier molecular flexibility index (Phi) is 5.13. The Morgan fingerprint density at radius 2 is 2.11 bits per heavy atom. The molecule has 102 valence electrons. The quantitative estimate of drug-likeness (QED) is 0.625. The molecule has 2 unspecified atom stereocenters. The van der Waals surface area contributed by atoms with Crippen LogP contribution in [0, 0.1) is 0 Å². The number of aliphatic hydroxyl groups excluding tert-OH is 1. The number of hydrogen-bond acceptors (Lipinski definition) is 5. The van der Waals surface area contributed by atoms with Crippen LogP contribution in [-0.2, 0) is 0 Å². The lowest BCUT2D eigenvalue weighted by molar-refractivity contribution is 0.279. The van der Waals surface area contributed by atoms with Gasteiger partial charge in [0.1, 0.15) is 11.4 Å². The van der Waals surface area contributed by atoms with Crippen LogP contribution in [0.15, 0.2) is 35.6 Å². The minimum atomic E-state index is -0.0294. The van der Waals surface area contributed by atoms with E-state index in [1.165, 1.54) is 0 Å². The third-order valence-electron chi connectivity index (χ3n) is 3.05. The number of hydrogen-bond donors (Lipinski definition) is 2. The zero-order chi connectivity index (χ0) is 13.7. The Morgan fingerprint density at radius 3 is 2.84 bits per heavy atom. The van der Waals surface area contributed by atoms with Crippen LogP contribution in [0.4, 0.5) is 0 Å². The molecule has 4 nitrogen and oxygen atoms in total. The predicted molar refractivity (Wildman–Crippen MR) is 79.2 cm³/mol. The summed E-state index contributed by atoms with van der Waals surface area (Å²) in [6.45, 7) is 2.16. The molecule has 0 aliphatic carbocycles. The lowest BCUT2D eigenvalue weighted by atomic mass is 10.1. The molecule has 2 atom stereocenters. The van der Waals surface area contributed by atoms with Gasteiger partial charge in [-0.2, -0.15) is 0 Å². The van der Waals surface area contributed by atoms with Crippen LogP contribution < -0.4 is 5.73 Å². The number of aromatic nitrogens is 2. The van der Waals surface area contributed by atoms with Crippen molar-refractivity contribution in [3.05, 3.63) is 30.6 Å². The molecule has 0 radical (unpaired) electrons. The fraction of sp³-hybridized carbons (Fsp3) is 0.429. The average molecular weight is 277 g/mol. The summed E-state index contributed by atoms with van der Waals surface area (Å²) in [4.78, 5) is 8.56. The molecule has 19 heavy (non-hydrogen) atoms. The van der Waals surface area contributed by atoms with Gasteiger partial charge in [-0.1, -0.05) is 43.3 Å². The Bertz CT molecular complexity index is 530. The first-order valence-electron chi connectivity index (χ1n) is 6.49. The normalized spacial score (nSPS) is 14.5. The van der Waals surface area contributed by atoms with E-state index in [0.717, 1.165) is 28.8 Å². The van der Waals surface area contributed by atoms with E-state index in [1.807, 2.05) is 24.3 Å². The SMILES string of the molecule is CCCC(N)C(CO)Sc1ncnc2ccccc12. The van der Waals surface area contributed by atoms with Gasteiger partial charge in [-0.15, -0.1) is 0 Å². The molecule has 5 heteroatoms. The van der Waals surface area contributed by atoms with Crippen LogP contribution in [0.1, 0.15) is 19.8 Å². The smallest absolute Gasteiger partial charge is 0.117 e. The first-order chi connectivity index (χ1) is 9.26.